The molecule has 0 amide bonds. The highest BCUT2D eigenvalue weighted by atomic mass is 16.5. The molecule has 0 saturated heterocycles. The van der Waals surface area contributed by atoms with Crippen molar-refractivity contribution in [1.29, 1.82) is 5.26 Å². The molecule has 25 heavy (non-hydrogen) atoms. The standard InChI is InChI=1S/C17H15N7O/c1-11-7-14(20-9-13(8-18)17-21-23-24-22-17)4-6-16(11)25-15-5-3-12(2)19-10-15/h3-7,9-10,20H,1-2H3,(H,21,22,23,24). The van der Waals surface area contributed by atoms with E-state index >= 15 is 0 Å². The largest absolute Gasteiger partial charge is 0.455 e. The summed E-state index contributed by atoms with van der Waals surface area (Å²) in [5.74, 6) is 1.65. The van der Waals surface area contributed by atoms with Gasteiger partial charge in [-0.15, -0.1) is 10.2 Å². The Balaban J connectivity index is 1.73. The number of nitrogens with zero attached hydrogens (tertiary/aromatic N) is 5. The van der Waals surface area contributed by atoms with E-state index in [1.807, 2.05) is 50.2 Å². The van der Waals surface area contributed by atoms with Gasteiger partial charge >= 0.3 is 0 Å². The number of hydrogen-bond acceptors (Lipinski definition) is 7. The van der Waals surface area contributed by atoms with Gasteiger partial charge in [0.15, 0.2) is 0 Å². The highest BCUT2D eigenvalue weighted by Gasteiger charge is 2.06. The normalized spacial score (nSPS) is 11.0. The molecule has 0 saturated carbocycles. The molecule has 0 fully saturated rings. The molecule has 8 nitrogen and oxygen atoms in total. The van der Waals surface area contributed by atoms with E-state index < -0.39 is 0 Å². The summed E-state index contributed by atoms with van der Waals surface area (Å²) in [6.07, 6.45) is 3.22. The van der Waals surface area contributed by atoms with Gasteiger partial charge in [0.05, 0.1) is 6.20 Å². The fourth-order valence-electron chi connectivity index (χ4n) is 2.07. The van der Waals surface area contributed by atoms with Crippen LogP contribution < -0.4 is 10.1 Å². The molecule has 3 aromatic rings. The molecule has 0 bridgehead atoms. The zero-order valence-corrected chi connectivity index (χ0v) is 13.7. The quantitative estimate of drug-likeness (QED) is 0.690. The predicted octanol–water partition coefficient (Wildman–Crippen LogP) is 2.98. The maximum absolute atomic E-state index is 9.15. The van der Waals surface area contributed by atoms with E-state index in [-0.39, 0.29) is 11.4 Å². The average Bonchev–Trinajstić information content (AvgIpc) is 3.14. The number of H-pyrrole nitrogens is 1. The van der Waals surface area contributed by atoms with Gasteiger partial charge in [0.1, 0.15) is 23.1 Å². The molecule has 3 rings (SSSR count). The minimum atomic E-state index is 0.235. The summed E-state index contributed by atoms with van der Waals surface area (Å²) in [5.41, 5.74) is 2.96. The third kappa shape index (κ3) is 3.97. The first-order valence-corrected chi connectivity index (χ1v) is 7.47. The molecule has 0 aliphatic carbocycles. The van der Waals surface area contributed by atoms with E-state index in [2.05, 4.69) is 30.9 Å². The van der Waals surface area contributed by atoms with Gasteiger partial charge in [-0.05, 0) is 55.0 Å². The molecular formula is C17H15N7O. The maximum Gasteiger partial charge on any atom is 0.216 e. The van der Waals surface area contributed by atoms with Gasteiger partial charge in [-0.1, -0.05) is 0 Å². The van der Waals surface area contributed by atoms with Crippen molar-refractivity contribution >= 4 is 11.3 Å². The summed E-state index contributed by atoms with van der Waals surface area (Å²) in [6.45, 7) is 3.86. The Labute approximate surface area is 144 Å². The van der Waals surface area contributed by atoms with Crippen molar-refractivity contribution in [1.82, 2.24) is 25.6 Å². The van der Waals surface area contributed by atoms with Crippen LogP contribution >= 0.6 is 0 Å². The molecule has 0 unspecified atom stereocenters. The summed E-state index contributed by atoms with van der Waals surface area (Å²) >= 11 is 0. The first-order chi connectivity index (χ1) is 12.2. The lowest BCUT2D eigenvalue weighted by Crippen LogP contribution is -1.95. The SMILES string of the molecule is Cc1ccc(Oc2ccc(NC=C(C#N)c3nn[nH]n3)cc2C)cn1. The van der Waals surface area contributed by atoms with Crippen LogP contribution in [0.3, 0.4) is 0 Å². The third-order valence-electron chi connectivity index (χ3n) is 3.38. The molecule has 2 heterocycles. The Bertz CT molecular complexity index is 925. The van der Waals surface area contributed by atoms with E-state index in [4.69, 9.17) is 10.00 Å². The number of aromatic amines is 1. The Hall–Kier alpha value is -3.73. The van der Waals surface area contributed by atoms with Crippen LogP contribution in [-0.2, 0) is 0 Å². The van der Waals surface area contributed by atoms with Crippen molar-refractivity contribution in [2.75, 3.05) is 5.32 Å². The second-order valence-corrected chi connectivity index (χ2v) is 5.27. The fourth-order valence-corrected chi connectivity index (χ4v) is 2.07. The van der Waals surface area contributed by atoms with Crippen molar-refractivity contribution in [3.63, 3.8) is 0 Å². The summed E-state index contributed by atoms with van der Waals surface area (Å²) in [6, 6.07) is 11.4. The number of pyridine rings is 1. The van der Waals surface area contributed by atoms with Gasteiger partial charge in [-0.2, -0.15) is 10.5 Å². The first kappa shape index (κ1) is 16.1. The van der Waals surface area contributed by atoms with Gasteiger partial charge < -0.3 is 10.1 Å². The van der Waals surface area contributed by atoms with Crippen LogP contribution in [0.15, 0.2) is 42.7 Å². The second-order valence-electron chi connectivity index (χ2n) is 5.27. The molecular weight excluding hydrogens is 318 g/mol. The lowest BCUT2D eigenvalue weighted by Gasteiger charge is -2.10. The number of anilines is 1. The van der Waals surface area contributed by atoms with E-state index in [9.17, 15) is 0 Å². The summed E-state index contributed by atoms with van der Waals surface area (Å²) in [7, 11) is 0. The van der Waals surface area contributed by atoms with Crippen LogP contribution in [0.1, 0.15) is 17.1 Å². The van der Waals surface area contributed by atoms with Crippen LogP contribution in [0.5, 0.6) is 11.5 Å². The molecule has 0 aliphatic heterocycles. The van der Waals surface area contributed by atoms with Crippen LogP contribution in [-0.4, -0.2) is 25.6 Å². The van der Waals surface area contributed by atoms with Crippen molar-refractivity contribution in [3.05, 3.63) is 59.8 Å². The number of aryl methyl sites for hydroxylation is 2. The van der Waals surface area contributed by atoms with E-state index in [0.717, 1.165) is 22.7 Å². The van der Waals surface area contributed by atoms with E-state index in [1.54, 1.807) is 6.20 Å². The van der Waals surface area contributed by atoms with E-state index in [1.165, 1.54) is 6.20 Å². The summed E-state index contributed by atoms with van der Waals surface area (Å²) in [5, 5.41) is 25.5. The van der Waals surface area contributed by atoms with E-state index in [0.29, 0.717) is 5.75 Å². The molecule has 2 N–H and O–H groups in total. The van der Waals surface area contributed by atoms with Crippen LogP contribution in [0.4, 0.5) is 5.69 Å². The van der Waals surface area contributed by atoms with Crippen molar-refractivity contribution in [3.8, 4) is 17.6 Å². The average molecular weight is 333 g/mol. The van der Waals surface area contributed by atoms with Crippen molar-refractivity contribution in [2.24, 2.45) is 0 Å². The third-order valence-corrected chi connectivity index (χ3v) is 3.38. The second kappa shape index (κ2) is 7.23. The molecule has 0 spiro atoms. The van der Waals surface area contributed by atoms with Gasteiger partial charge in [-0.3, -0.25) is 4.98 Å². The highest BCUT2D eigenvalue weighted by Crippen LogP contribution is 2.27. The fraction of sp³-hybridized carbons (Fsp3) is 0.118. The minimum absolute atomic E-state index is 0.235. The first-order valence-electron chi connectivity index (χ1n) is 7.47. The molecule has 0 radical (unpaired) electrons. The van der Waals surface area contributed by atoms with Gasteiger partial charge in [0.2, 0.25) is 5.82 Å². The Morgan fingerprint density at radius 2 is 2.16 bits per heavy atom. The van der Waals surface area contributed by atoms with Crippen molar-refractivity contribution < 1.29 is 4.74 Å². The topological polar surface area (TPSA) is 112 Å². The number of benzene rings is 1. The number of allylic oxidation sites excluding steroid dienone is 1. The number of tetrazole rings is 1. The summed E-state index contributed by atoms with van der Waals surface area (Å²) < 4.78 is 5.83. The van der Waals surface area contributed by atoms with Crippen LogP contribution in [0, 0.1) is 25.2 Å². The summed E-state index contributed by atoms with van der Waals surface area (Å²) in [4.78, 5) is 4.21. The molecule has 2 aromatic heterocycles. The number of rotatable bonds is 5. The van der Waals surface area contributed by atoms with Crippen LogP contribution in [0.2, 0.25) is 0 Å². The number of nitrogens with one attached hydrogen (secondary N) is 2. The Kier molecular flexibility index (Phi) is 4.67. The van der Waals surface area contributed by atoms with Crippen molar-refractivity contribution in [2.45, 2.75) is 13.8 Å². The molecule has 1 aromatic carbocycles. The number of aromatic nitrogens is 5. The zero-order chi connectivity index (χ0) is 17.6. The van der Waals surface area contributed by atoms with Gasteiger partial charge in [0.25, 0.3) is 0 Å². The monoisotopic (exact) mass is 333 g/mol. The predicted molar refractivity (Wildman–Crippen MR) is 91.6 cm³/mol. The maximum atomic E-state index is 9.15. The molecule has 124 valence electrons. The Morgan fingerprint density at radius 3 is 2.80 bits per heavy atom. The molecule has 0 atom stereocenters. The highest BCUT2D eigenvalue weighted by molar-refractivity contribution is 5.74. The number of nitriles is 1. The van der Waals surface area contributed by atoms with Gasteiger partial charge in [0, 0.05) is 17.6 Å². The lowest BCUT2D eigenvalue weighted by atomic mass is 10.2. The number of ether oxygens (including phenoxy) is 1. The Morgan fingerprint density at radius 1 is 1.28 bits per heavy atom. The van der Waals surface area contributed by atoms with Crippen LogP contribution in [0.25, 0.3) is 5.57 Å². The zero-order valence-electron chi connectivity index (χ0n) is 13.7. The molecule has 0 aliphatic rings. The number of hydrogen-bond donors (Lipinski definition) is 2. The lowest BCUT2D eigenvalue weighted by molar-refractivity contribution is 0.476. The molecule has 8 heteroatoms. The minimum Gasteiger partial charge on any atom is -0.455 e. The smallest absolute Gasteiger partial charge is 0.216 e. The van der Waals surface area contributed by atoms with Gasteiger partial charge in [-0.25, -0.2) is 0 Å².